The average Bonchev–Trinajstić information content (AvgIpc) is 2.26. The lowest BCUT2D eigenvalue weighted by molar-refractivity contribution is -0.0481. The number of hydrogen-bond acceptors (Lipinski definition) is 4. The Morgan fingerprint density at radius 3 is 2.00 bits per heavy atom. The molecule has 0 radical (unpaired) electrons. The van der Waals surface area contributed by atoms with Crippen LogP contribution in [0.3, 0.4) is 0 Å². The average molecular weight is 236 g/mol. The summed E-state index contributed by atoms with van der Waals surface area (Å²) in [6, 6.07) is 0. The molecule has 4 aliphatic rings. The van der Waals surface area contributed by atoms with Gasteiger partial charge in [0.1, 0.15) is 5.71 Å². The van der Waals surface area contributed by atoms with E-state index in [1.54, 1.807) is 0 Å². The van der Waals surface area contributed by atoms with Crippen LogP contribution in [-0.4, -0.2) is 22.3 Å². The summed E-state index contributed by atoms with van der Waals surface area (Å²) in [4.78, 5) is 0. The van der Waals surface area contributed by atoms with E-state index in [4.69, 9.17) is 10.4 Å². The highest BCUT2D eigenvalue weighted by Crippen LogP contribution is 2.61. The van der Waals surface area contributed by atoms with Crippen molar-refractivity contribution >= 4 is 11.9 Å². The minimum absolute atomic E-state index is 0.331. The molecule has 0 aromatic heterocycles. The standard InChI is InChI=1S/C13H20N2O2/c16-14-8-12(15-17)7-13-4-9-1-10(5-13)3-11(2-9)6-13/h8-11,16-17H,1-7H2. The number of rotatable bonds is 3. The molecule has 0 atom stereocenters. The molecule has 0 amide bonds. The second kappa shape index (κ2) is 4.00. The van der Waals surface area contributed by atoms with Gasteiger partial charge in [0.25, 0.3) is 0 Å². The van der Waals surface area contributed by atoms with Crippen LogP contribution in [0.15, 0.2) is 10.3 Å². The summed E-state index contributed by atoms with van der Waals surface area (Å²) in [7, 11) is 0. The maximum atomic E-state index is 8.94. The van der Waals surface area contributed by atoms with E-state index in [9.17, 15) is 0 Å². The smallest absolute Gasteiger partial charge is 0.102 e. The lowest BCUT2D eigenvalue weighted by Gasteiger charge is -2.56. The van der Waals surface area contributed by atoms with Gasteiger partial charge in [-0.2, -0.15) is 0 Å². The van der Waals surface area contributed by atoms with E-state index >= 15 is 0 Å². The molecular weight excluding hydrogens is 216 g/mol. The monoisotopic (exact) mass is 236 g/mol. The SMILES string of the molecule is ON=CC(CC12CC3CC(CC(C3)C1)C2)=NO. The normalized spacial score (nSPS) is 44.7. The van der Waals surface area contributed by atoms with E-state index in [1.807, 2.05) is 0 Å². The summed E-state index contributed by atoms with van der Waals surface area (Å²) in [5, 5.41) is 23.8. The van der Waals surface area contributed by atoms with Crippen molar-refractivity contribution in [3.8, 4) is 0 Å². The maximum absolute atomic E-state index is 8.94. The van der Waals surface area contributed by atoms with E-state index in [2.05, 4.69) is 10.3 Å². The quantitative estimate of drug-likeness (QED) is 0.449. The minimum atomic E-state index is 0.331. The fourth-order valence-corrected chi connectivity index (χ4v) is 5.06. The first-order valence-corrected chi connectivity index (χ1v) is 6.61. The predicted octanol–water partition coefficient (Wildman–Crippen LogP) is 2.88. The van der Waals surface area contributed by atoms with E-state index in [-0.39, 0.29) is 0 Å². The van der Waals surface area contributed by atoms with Crippen LogP contribution in [0.1, 0.15) is 44.9 Å². The molecule has 0 aromatic carbocycles. The molecular formula is C13H20N2O2. The first kappa shape index (κ1) is 11.1. The molecule has 0 spiro atoms. The Labute approximate surface area is 101 Å². The molecule has 4 fully saturated rings. The summed E-state index contributed by atoms with van der Waals surface area (Å²) in [5.74, 6) is 2.69. The van der Waals surface area contributed by atoms with Gasteiger partial charge in [-0.1, -0.05) is 10.3 Å². The molecule has 0 heterocycles. The van der Waals surface area contributed by atoms with Crippen LogP contribution in [0, 0.1) is 23.2 Å². The van der Waals surface area contributed by atoms with Crippen molar-refractivity contribution in [2.75, 3.05) is 0 Å². The lowest BCUT2D eigenvalue weighted by Crippen LogP contribution is -2.47. The van der Waals surface area contributed by atoms with Crippen molar-refractivity contribution in [1.29, 1.82) is 0 Å². The highest BCUT2D eigenvalue weighted by molar-refractivity contribution is 6.30. The lowest BCUT2D eigenvalue weighted by atomic mass is 9.48. The Kier molecular flexibility index (Phi) is 2.60. The van der Waals surface area contributed by atoms with Gasteiger partial charge < -0.3 is 10.4 Å². The molecule has 0 aliphatic heterocycles. The third-order valence-electron chi connectivity index (χ3n) is 5.06. The fourth-order valence-electron chi connectivity index (χ4n) is 5.06. The highest BCUT2D eigenvalue weighted by atomic mass is 16.4. The zero-order valence-corrected chi connectivity index (χ0v) is 10.0. The zero-order chi connectivity index (χ0) is 11.9. The van der Waals surface area contributed by atoms with Gasteiger partial charge in [0.15, 0.2) is 0 Å². The molecule has 4 saturated carbocycles. The summed E-state index contributed by atoms with van der Waals surface area (Å²) >= 11 is 0. The second-order valence-corrected chi connectivity index (χ2v) is 6.43. The van der Waals surface area contributed by atoms with Gasteiger partial charge in [-0.3, -0.25) is 0 Å². The first-order valence-electron chi connectivity index (χ1n) is 6.61. The van der Waals surface area contributed by atoms with Crippen molar-refractivity contribution in [1.82, 2.24) is 0 Å². The largest absolute Gasteiger partial charge is 0.411 e. The number of hydrogen-bond donors (Lipinski definition) is 2. The Balaban J connectivity index is 1.78. The van der Waals surface area contributed by atoms with Crippen molar-refractivity contribution in [2.24, 2.45) is 33.5 Å². The van der Waals surface area contributed by atoms with Gasteiger partial charge in [-0.05, 0) is 61.7 Å². The predicted molar refractivity (Wildman–Crippen MR) is 64.7 cm³/mol. The molecule has 4 aliphatic carbocycles. The van der Waals surface area contributed by atoms with Crippen LogP contribution >= 0.6 is 0 Å². The summed E-state index contributed by atoms with van der Waals surface area (Å²) in [5.41, 5.74) is 0.853. The maximum Gasteiger partial charge on any atom is 0.102 e. The van der Waals surface area contributed by atoms with Gasteiger partial charge >= 0.3 is 0 Å². The molecule has 4 heteroatoms. The van der Waals surface area contributed by atoms with Crippen molar-refractivity contribution < 1.29 is 10.4 Å². The summed E-state index contributed by atoms with van der Waals surface area (Å²) in [6.07, 6.45) is 10.1. The van der Waals surface area contributed by atoms with E-state index in [0.717, 1.165) is 24.2 Å². The third kappa shape index (κ3) is 1.94. The summed E-state index contributed by atoms with van der Waals surface area (Å²) in [6.45, 7) is 0. The third-order valence-corrected chi connectivity index (χ3v) is 5.06. The van der Waals surface area contributed by atoms with Gasteiger partial charge in [0.05, 0.1) is 6.21 Å². The fraction of sp³-hybridized carbons (Fsp3) is 0.846. The minimum Gasteiger partial charge on any atom is -0.411 e. The zero-order valence-electron chi connectivity index (χ0n) is 10.0. The van der Waals surface area contributed by atoms with Crippen molar-refractivity contribution in [2.45, 2.75) is 44.9 Å². The topological polar surface area (TPSA) is 65.2 Å². The van der Waals surface area contributed by atoms with Crippen LogP contribution in [0.2, 0.25) is 0 Å². The first-order chi connectivity index (χ1) is 8.23. The van der Waals surface area contributed by atoms with Crippen molar-refractivity contribution in [3.63, 3.8) is 0 Å². The van der Waals surface area contributed by atoms with Crippen LogP contribution < -0.4 is 0 Å². The van der Waals surface area contributed by atoms with Gasteiger partial charge in [-0.15, -0.1) is 0 Å². The van der Waals surface area contributed by atoms with Crippen LogP contribution in [-0.2, 0) is 0 Å². The van der Waals surface area contributed by atoms with E-state index in [1.165, 1.54) is 44.7 Å². The molecule has 0 unspecified atom stereocenters. The molecule has 0 saturated heterocycles. The molecule has 2 N–H and O–H groups in total. The molecule has 0 aromatic rings. The molecule has 4 rings (SSSR count). The van der Waals surface area contributed by atoms with Crippen LogP contribution in [0.5, 0.6) is 0 Å². The van der Waals surface area contributed by atoms with E-state index < -0.39 is 0 Å². The molecule has 4 nitrogen and oxygen atoms in total. The molecule has 4 bridgehead atoms. The van der Waals surface area contributed by atoms with Crippen molar-refractivity contribution in [3.05, 3.63) is 0 Å². The Morgan fingerprint density at radius 2 is 1.59 bits per heavy atom. The van der Waals surface area contributed by atoms with Gasteiger partial charge in [0, 0.05) is 6.42 Å². The van der Waals surface area contributed by atoms with E-state index in [0.29, 0.717) is 11.1 Å². The Hall–Kier alpha value is -1.06. The highest BCUT2D eigenvalue weighted by Gasteiger charge is 2.50. The molecule has 94 valence electrons. The Morgan fingerprint density at radius 1 is 1.06 bits per heavy atom. The number of nitrogens with zero attached hydrogens (tertiary/aromatic N) is 2. The van der Waals surface area contributed by atoms with Gasteiger partial charge in [-0.25, -0.2) is 0 Å². The molecule has 17 heavy (non-hydrogen) atoms. The second-order valence-electron chi connectivity index (χ2n) is 6.43. The van der Waals surface area contributed by atoms with Gasteiger partial charge in [0.2, 0.25) is 0 Å². The summed E-state index contributed by atoms with van der Waals surface area (Å²) < 4.78 is 0. The van der Waals surface area contributed by atoms with Crippen LogP contribution in [0.4, 0.5) is 0 Å². The number of oxime groups is 2. The van der Waals surface area contributed by atoms with Crippen LogP contribution in [0.25, 0.3) is 0 Å². The Bertz CT molecular complexity index is 327.